The van der Waals surface area contributed by atoms with Crippen LogP contribution in [0.5, 0.6) is 11.5 Å². The van der Waals surface area contributed by atoms with Crippen LogP contribution in [0.4, 0.5) is 8.78 Å². The Morgan fingerprint density at radius 1 is 0.732 bits per heavy atom. The summed E-state index contributed by atoms with van der Waals surface area (Å²) in [5, 5.41) is 2.79. The van der Waals surface area contributed by atoms with Crippen molar-refractivity contribution in [2.24, 2.45) is 5.73 Å². The number of nitrogens with zero attached hydrogens (tertiary/aromatic N) is 1. The summed E-state index contributed by atoms with van der Waals surface area (Å²) in [4.78, 5) is 39.5. The van der Waals surface area contributed by atoms with Gasteiger partial charge in [0.05, 0.1) is 46.5 Å². The molecule has 0 bridgehead atoms. The van der Waals surface area contributed by atoms with E-state index in [0.717, 1.165) is 28.6 Å². The number of oxazole rings is 1. The van der Waals surface area contributed by atoms with E-state index in [1.54, 1.807) is 33.1 Å². The number of amides is 1. The van der Waals surface area contributed by atoms with Gasteiger partial charge in [-0.1, -0.05) is 48.5 Å². The van der Waals surface area contributed by atoms with Crippen LogP contribution in [0.15, 0.2) is 102 Å². The smallest absolute Gasteiger partial charge is 0.307 e. The van der Waals surface area contributed by atoms with Crippen LogP contribution in [-0.4, -0.2) is 62.3 Å². The number of methoxy groups -OCH3 is 2. The van der Waals surface area contributed by atoms with Gasteiger partial charge in [0.1, 0.15) is 23.1 Å². The van der Waals surface area contributed by atoms with Crippen molar-refractivity contribution in [3.63, 3.8) is 0 Å². The van der Waals surface area contributed by atoms with E-state index in [4.69, 9.17) is 29.1 Å². The number of esters is 2. The highest BCUT2D eigenvalue weighted by atomic mass is 35.5. The number of ether oxygens (including phenoxy) is 4. The van der Waals surface area contributed by atoms with Gasteiger partial charge in [0.15, 0.2) is 6.39 Å². The first-order valence-corrected chi connectivity index (χ1v) is 17.6. The van der Waals surface area contributed by atoms with Gasteiger partial charge in [0.25, 0.3) is 5.91 Å². The lowest BCUT2D eigenvalue weighted by Gasteiger charge is -2.18. The summed E-state index contributed by atoms with van der Waals surface area (Å²) in [6, 6.07) is 23.0. The molecule has 5 rings (SSSR count). The highest BCUT2D eigenvalue weighted by molar-refractivity contribution is 5.91. The average molecular weight is 794 g/mol. The van der Waals surface area contributed by atoms with Crippen molar-refractivity contribution in [2.45, 2.75) is 51.6 Å². The molecule has 0 aliphatic rings. The van der Waals surface area contributed by atoms with E-state index in [-0.39, 0.29) is 61.3 Å². The van der Waals surface area contributed by atoms with E-state index in [1.807, 2.05) is 48.5 Å². The van der Waals surface area contributed by atoms with Gasteiger partial charge in [0.2, 0.25) is 5.76 Å². The maximum Gasteiger partial charge on any atom is 0.307 e. The van der Waals surface area contributed by atoms with E-state index < -0.39 is 17.9 Å². The zero-order valence-electron chi connectivity index (χ0n) is 31.6. The van der Waals surface area contributed by atoms with Gasteiger partial charge >= 0.3 is 11.9 Å². The first-order chi connectivity index (χ1) is 26.5. The van der Waals surface area contributed by atoms with E-state index in [0.29, 0.717) is 42.1 Å². The molecule has 0 fully saturated rings. The summed E-state index contributed by atoms with van der Waals surface area (Å²) >= 11 is 0. The van der Waals surface area contributed by atoms with Crippen molar-refractivity contribution in [3.8, 4) is 33.8 Å². The molecule has 14 heteroatoms. The molecule has 1 heterocycles. The third kappa shape index (κ3) is 13.5. The SMILES string of the molecule is CCOC(=O)C[C@@H](Cc1ccc(-c2cc(F)ccc2OC)cc1)NC(=O)c1cnco1.CCOC(=O)C[C@H](N)Cc1ccc(-c2cc(F)ccc2OC)cc1.Cl. The van der Waals surface area contributed by atoms with Gasteiger partial charge in [-0.05, 0) is 85.3 Å². The molecule has 4 aromatic carbocycles. The van der Waals surface area contributed by atoms with Gasteiger partial charge in [-0.15, -0.1) is 12.4 Å². The number of nitrogens with one attached hydrogen (secondary N) is 1. The van der Waals surface area contributed by atoms with E-state index in [9.17, 15) is 23.2 Å². The molecule has 0 saturated heterocycles. The number of aromatic nitrogens is 1. The molecule has 0 radical (unpaired) electrons. The van der Waals surface area contributed by atoms with Crippen molar-refractivity contribution >= 4 is 30.3 Å². The van der Waals surface area contributed by atoms with Crippen LogP contribution in [0.2, 0.25) is 0 Å². The lowest BCUT2D eigenvalue weighted by molar-refractivity contribution is -0.144. The van der Waals surface area contributed by atoms with Crippen LogP contribution in [0, 0.1) is 11.6 Å². The Bertz CT molecular complexity index is 1990. The second-order valence-electron chi connectivity index (χ2n) is 12.3. The minimum Gasteiger partial charge on any atom is -0.496 e. The second kappa shape index (κ2) is 22.6. The normalized spacial score (nSPS) is 11.5. The van der Waals surface area contributed by atoms with Crippen LogP contribution in [0.25, 0.3) is 22.3 Å². The molecule has 0 saturated carbocycles. The van der Waals surface area contributed by atoms with Gasteiger partial charge in [0, 0.05) is 23.2 Å². The van der Waals surface area contributed by atoms with Gasteiger partial charge < -0.3 is 34.4 Å². The maximum atomic E-state index is 13.7. The Labute approximate surface area is 330 Å². The molecule has 3 N–H and O–H groups in total. The highest BCUT2D eigenvalue weighted by Crippen LogP contribution is 2.32. The summed E-state index contributed by atoms with van der Waals surface area (Å²) in [6.07, 6.45) is 3.62. The lowest BCUT2D eigenvalue weighted by Crippen LogP contribution is -2.38. The zero-order valence-corrected chi connectivity index (χ0v) is 32.4. The summed E-state index contributed by atoms with van der Waals surface area (Å²) in [6.45, 7) is 4.10. The number of hydrogen-bond donors (Lipinski definition) is 2. The third-order valence-electron chi connectivity index (χ3n) is 8.28. The minimum absolute atomic E-state index is 0. The Morgan fingerprint density at radius 2 is 1.21 bits per heavy atom. The molecule has 1 amide bonds. The molecule has 0 spiro atoms. The Kier molecular flexibility index (Phi) is 18.0. The fraction of sp³-hybridized carbons (Fsp3) is 0.286. The standard InChI is InChI=1S/C23H23FN2O5.C19H22FNO3.ClH/c1-3-30-22(27)12-18(26-23(28)21-13-25-14-31-21)10-15-4-6-16(7-5-15)19-11-17(24)8-9-20(19)29-2;1-3-24-19(22)12-16(21)10-13-4-6-14(7-5-13)17-11-15(20)8-9-18(17)23-2;/h4-9,11,13-14,18H,3,10,12H2,1-2H3,(H,26,28);4-9,11,16H,3,10,12,21H2,1-2H3;1H/t18-;16-;/m11./s1. The number of rotatable bonds is 16. The summed E-state index contributed by atoms with van der Waals surface area (Å²) in [5.74, 6) is -0.597. The zero-order chi connectivity index (χ0) is 39.7. The summed E-state index contributed by atoms with van der Waals surface area (Å²) in [7, 11) is 3.09. The van der Waals surface area contributed by atoms with Crippen LogP contribution in [0.1, 0.15) is 48.4 Å². The molecule has 0 unspecified atom stereocenters. The van der Waals surface area contributed by atoms with Gasteiger partial charge in [-0.25, -0.2) is 13.8 Å². The molecule has 5 aromatic rings. The van der Waals surface area contributed by atoms with Crippen molar-refractivity contribution in [1.82, 2.24) is 10.3 Å². The predicted molar refractivity (Wildman–Crippen MR) is 210 cm³/mol. The molecular weight excluding hydrogens is 748 g/mol. The number of halogens is 3. The topological polar surface area (TPSA) is 152 Å². The summed E-state index contributed by atoms with van der Waals surface area (Å²) in [5.41, 5.74) is 10.8. The predicted octanol–water partition coefficient (Wildman–Crippen LogP) is 7.53. The molecule has 0 aliphatic heterocycles. The third-order valence-corrected chi connectivity index (χ3v) is 8.28. The first kappa shape index (κ1) is 44.6. The van der Waals surface area contributed by atoms with Crippen LogP contribution < -0.4 is 20.5 Å². The monoisotopic (exact) mass is 793 g/mol. The fourth-order valence-corrected chi connectivity index (χ4v) is 5.73. The van der Waals surface area contributed by atoms with Crippen molar-refractivity contribution in [1.29, 1.82) is 0 Å². The molecule has 2 atom stereocenters. The Balaban J connectivity index is 0.000000305. The molecule has 11 nitrogen and oxygen atoms in total. The second-order valence-corrected chi connectivity index (χ2v) is 12.3. The van der Waals surface area contributed by atoms with E-state index >= 15 is 0 Å². The van der Waals surface area contributed by atoms with Crippen LogP contribution >= 0.6 is 12.4 Å². The number of benzene rings is 4. The fourth-order valence-electron chi connectivity index (χ4n) is 5.73. The largest absolute Gasteiger partial charge is 0.496 e. The Morgan fingerprint density at radius 3 is 1.66 bits per heavy atom. The highest BCUT2D eigenvalue weighted by Gasteiger charge is 2.21. The Hall–Kier alpha value is -5.79. The van der Waals surface area contributed by atoms with Gasteiger partial charge in [-0.2, -0.15) is 0 Å². The number of carbonyl (C=O) groups excluding carboxylic acids is 3. The van der Waals surface area contributed by atoms with Crippen LogP contribution in [-0.2, 0) is 31.9 Å². The summed E-state index contributed by atoms with van der Waals surface area (Å²) < 4.78 is 52.7. The average Bonchev–Trinajstić information content (AvgIpc) is 3.72. The van der Waals surface area contributed by atoms with Crippen molar-refractivity contribution < 1.29 is 46.5 Å². The van der Waals surface area contributed by atoms with Crippen molar-refractivity contribution in [3.05, 3.63) is 126 Å². The number of carbonyl (C=O) groups is 3. The minimum atomic E-state index is -0.508. The van der Waals surface area contributed by atoms with Crippen molar-refractivity contribution in [2.75, 3.05) is 27.4 Å². The van der Waals surface area contributed by atoms with E-state index in [2.05, 4.69) is 10.3 Å². The molecular formula is C42H46ClF2N3O8. The first-order valence-electron chi connectivity index (χ1n) is 17.6. The number of hydrogen-bond acceptors (Lipinski definition) is 10. The number of nitrogens with two attached hydrogens (primary N) is 1. The van der Waals surface area contributed by atoms with E-state index in [1.165, 1.54) is 37.6 Å². The quantitative estimate of drug-likeness (QED) is 0.0960. The molecule has 0 aliphatic carbocycles. The maximum absolute atomic E-state index is 13.7. The van der Waals surface area contributed by atoms with Crippen LogP contribution in [0.3, 0.4) is 0 Å². The lowest BCUT2D eigenvalue weighted by atomic mass is 9.98. The molecule has 56 heavy (non-hydrogen) atoms. The van der Waals surface area contributed by atoms with Gasteiger partial charge in [-0.3, -0.25) is 14.4 Å². The molecule has 298 valence electrons. The molecule has 1 aromatic heterocycles.